The zero-order valence-corrected chi connectivity index (χ0v) is 25.2. The van der Waals surface area contributed by atoms with Crippen LogP contribution in [-0.4, -0.2) is 62.6 Å². The molecule has 0 aliphatic rings. The molecular weight excluding hydrogens is 590 g/mol. The number of aromatic nitrogens is 1. The fourth-order valence-electron chi connectivity index (χ4n) is 4.85. The highest BCUT2D eigenvalue weighted by Crippen LogP contribution is 2.21. The smallest absolute Gasteiger partial charge is 0.304 e. The number of halogens is 1. The topological polar surface area (TPSA) is 183 Å². The molecule has 3 atom stereocenters. The monoisotopic (exact) mass is 625 g/mol. The molecule has 2 aromatic carbocycles. The van der Waals surface area contributed by atoms with Crippen molar-refractivity contribution in [3.05, 3.63) is 70.9 Å². The third-order valence-electron chi connectivity index (χ3n) is 7.04. The molecule has 44 heavy (non-hydrogen) atoms. The van der Waals surface area contributed by atoms with Crippen LogP contribution in [0.25, 0.3) is 10.9 Å². The molecule has 3 aromatic rings. The van der Waals surface area contributed by atoms with Crippen LogP contribution in [0.1, 0.15) is 62.0 Å². The normalized spacial score (nSPS) is 13.2. The van der Waals surface area contributed by atoms with Crippen molar-refractivity contribution in [3.8, 4) is 0 Å². The van der Waals surface area contributed by atoms with Crippen LogP contribution < -0.4 is 10.6 Å². The van der Waals surface area contributed by atoms with Gasteiger partial charge in [-0.1, -0.05) is 55.8 Å². The zero-order chi connectivity index (χ0) is 32.4. The van der Waals surface area contributed by atoms with Gasteiger partial charge >= 0.3 is 11.9 Å². The summed E-state index contributed by atoms with van der Waals surface area (Å²) in [6, 6.07) is 13.1. The molecule has 5 N–H and O–H groups in total. The number of carbonyl (C=O) groups excluding carboxylic acids is 4. The molecule has 0 aliphatic heterocycles. The van der Waals surface area contributed by atoms with Crippen LogP contribution in [0.4, 0.5) is 0 Å². The van der Waals surface area contributed by atoms with Crippen LogP contribution in [-0.2, 0) is 30.4 Å². The fraction of sp³-hybridized carbons (Fsp3) is 0.375. The molecule has 0 bridgehead atoms. The van der Waals surface area contributed by atoms with Crippen molar-refractivity contribution in [2.24, 2.45) is 11.8 Å². The molecule has 2 amide bonds. The predicted octanol–water partition coefficient (Wildman–Crippen LogP) is 4.18. The van der Waals surface area contributed by atoms with E-state index in [2.05, 4.69) is 15.6 Å². The van der Waals surface area contributed by atoms with Gasteiger partial charge in [0.25, 0.3) is 5.91 Å². The molecule has 0 saturated heterocycles. The van der Waals surface area contributed by atoms with E-state index >= 15 is 0 Å². The van der Waals surface area contributed by atoms with E-state index in [4.69, 9.17) is 16.7 Å². The second-order valence-corrected chi connectivity index (χ2v) is 11.6. The number of hydrogen-bond donors (Lipinski definition) is 5. The largest absolute Gasteiger partial charge is 0.481 e. The van der Waals surface area contributed by atoms with Gasteiger partial charge in [-0.05, 0) is 48.6 Å². The van der Waals surface area contributed by atoms with E-state index in [0.717, 1.165) is 0 Å². The van der Waals surface area contributed by atoms with Gasteiger partial charge < -0.3 is 25.8 Å². The van der Waals surface area contributed by atoms with E-state index in [-0.39, 0.29) is 30.9 Å². The predicted molar refractivity (Wildman–Crippen MR) is 163 cm³/mol. The molecule has 234 valence electrons. The number of Topliss-reactive ketones (excluding diaryl/α,β-unsaturated/α-hetero) is 2. The minimum atomic E-state index is -1.36. The van der Waals surface area contributed by atoms with Gasteiger partial charge in [0.1, 0.15) is 5.69 Å². The van der Waals surface area contributed by atoms with Crippen LogP contribution in [0.5, 0.6) is 0 Å². The van der Waals surface area contributed by atoms with E-state index in [1.807, 2.05) is 13.8 Å². The molecule has 0 radical (unpaired) electrons. The summed E-state index contributed by atoms with van der Waals surface area (Å²) in [5.41, 5.74) is 1.53. The van der Waals surface area contributed by atoms with Gasteiger partial charge in [-0.3, -0.25) is 28.8 Å². The maximum absolute atomic E-state index is 13.5. The van der Waals surface area contributed by atoms with Gasteiger partial charge in [-0.2, -0.15) is 0 Å². The minimum absolute atomic E-state index is 0.0338. The Labute approximate surface area is 259 Å². The fourth-order valence-corrected chi connectivity index (χ4v) is 5.03. The Hall–Kier alpha value is -4.51. The number of fused-ring (bicyclic) bond motifs is 1. The van der Waals surface area contributed by atoms with Crippen LogP contribution >= 0.6 is 11.6 Å². The third-order valence-corrected chi connectivity index (χ3v) is 7.28. The summed E-state index contributed by atoms with van der Waals surface area (Å²) in [5, 5.41) is 25.1. The average molecular weight is 626 g/mol. The standard InChI is InChI=1S/C32H36ClN3O8/c1-18(2)12-25(36-32(44)26-15-20-14-22(33)8-9-23(20)34-26)28(38)16-21(17-30(41)42)31(43)35-24(10-11-29(39)40)27(37)13-19-6-4-3-5-7-19/h3-9,14-15,18,21,24-25,34H,10-13,16-17H2,1-2H3,(H,35,43)(H,36,44)(H,39,40)(H,41,42)/t21-,24-,25-/m0/s1. The molecule has 11 nitrogen and oxygen atoms in total. The van der Waals surface area contributed by atoms with Crippen LogP contribution in [0, 0.1) is 11.8 Å². The molecule has 0 fully saturated rings. The number of aromatic amines is 1. The number of carboxylic acid groups (broad SMARTS) is 2. The second kappa shape index (κ2) is 15.8. The summed E-state index contributed by atoms with van der Waals surface area (Å²) in [4.78, 5) is 78.8. The SMILES string of the molecule is CC(C)C[C@H](NC(=O)c1cc2cc(Cl)ccc2[nH]1)C(=O)C[C@@H](CC(=O)O)C(=O)N[C@@H](CCC(=O)O)C(=O)Cc1ccccc1. The van der Waals surface area contributed by atoms with E-state index in [1.54, 1.807) is 54.6 Å². The summed E-state index contributed by atoms with van der Waals surface area (Å²) < 4.78 is 0. The molecule has 1 heterocycles. The van der Waals surface area contributed by atoms with Crippen molar-refractivity contribution >= 4 is 57.8 Å². The Morgan fingerprint density at radius 3 is 2.18 bits per heavy atom. The number of hydrogen-bond acceptors (Lipinski definition) is 6. The summed E-state index contributed by atoms with van der Waals surface area (Å²) in [6.45, 7) is 3.70. The number of aliphatic carboxylic acids is 2. The maximum Gasteiger partial charge on any atom is 0.304 e. The van der Waals surface area contributed by atoms with Gasteiger partial charge in [0.2, 0.25) is 5.91 Å². The first-order valence-corrected chi connectivity index (χ1v) is 14.6. The van der Waals surface area contributed by atoms with Gasteiger partial charge in [0.05, 0.1) is 24.4 Å². The molecule has 12 heteroatoms. The van der Waals surface area contributed by atoms with Crippen LogP contribution in [0.2, 0.25) is 5.02 Å². The highest BCUT2D eigenvalue weighted by atomic mass is 35.5. The van der Waals surface area contributed by atoms with Crippen molar-refractivity contribution in [1.29, 1.82) is 0 Å². The summed E-state index contributed by atoms with van der Waals surface area (Å²) in [7, 11) is 0. The lowest BCUT2D eigenvalue weighted by Crippen LogP contribution is -2.47. The Balaban J connectivity index is 1.76. The summed E-state index contributed by atoms with van der Waals surface area (Å²) in [6.07, 6.45) is -1.68. The Bertz CT molecular complexity index is 1520. The molecule has 0 saturated carbocycles. The van der Waals surface area contributed by atoms with E-state index < -0.39 is 72.6 Å². The van der Waals surface area contributed by atoms with Crippen molar-refractivity contribution in [3.63, 3.8) is 0 Å². The number of rotatable bonds is 17. The molecule has 3 rings (SSSR count). The molecule has 0 unspecified atom stereocenters. The maximum atomic E-state index is 13.5. The van der Waals surface area contributed by atoms with Gasteiger partial charge in [-0.25, -0.2) is 0 Å². The first-order valence-electron chi connectivity index (χ1n) is 14.2. The molecule has 0 aliphatic carbocycles. The van der Waals surface area contributed by atoms with Crippen LogP contribution in [0.15, 0.2) is 54.6 Å². The van der Waals surface area contributed by atoms with Gasteiger partial charge in [0.15, 0.2) is 11.6 Å². The van der Waals surface area contributed by atoms with Crippen molar-refractivity contribution in [1.82, 2.24) is 15.6 Å². The van der Waals surface area contributed by atoms with Crippen molar-refractivity contribution in [2.75, 3.05) is 0 Å². The number of amides is 2. The zero-order valence-electron chi connectivity index (χ0n) is 24.5. The van der Waals surface area contributed by atoms with E-state index in [1.165, 1.54) is 0 Å². The number of H-pyrrole nitrogens is 1. The first kappa shape index (κ1) is 34.0. The summed E-state index contributed by atoms with van der Waals surface area (Å²) in [5.74, 6) is -6.32. The third kappa shape index (κ3) is 10.3. The number of benzene rings is 2. The molecular formula is C32H36ClN3O8. The lowest BCUT2D eigenvalue weighted by Gasteiger charge is -2.24. The quantitative estimate of drug-likeness (QED) is 0.148. The number of carbonyl (C=O) groups is 6. The number of ketones is 2. The Kier molecular flexibility index (Phi) is 12.2. The lowest BCUT2D eigenvalue weighted by molar-refractivity contribution is -0.142. The van der Waals surface area contributed by atoms with Crippen molar-refractivity contribution in [2.45, 2.75) is 64.5 Å². The molecule has 1 aromatic heterocycles. The Morgan fingerprint density at radius 1 is 0.841 bits per heavy atom. The molecule has 0 spiro atoms. The Morgan fingerprint density at radius 2 is 1.55 bits per heavy atom. The number of carboxylic acids is 2. The first-order chi connectivity index (χ1) is 20.8. The summed E-state index contributed by atoms with van der Waals surface area (Å²) >= 11 is 6.04. The minimum Gasteiger partial charge on any atom is -0.481 e. The van der Waals surface area contributed by atoms with Gasteiger partial charge in [0, 0.05) is 35.2 Å². The van der Waals surface area contributed by atoms with E-state index in [9.17, 15) is 33.9 Å². The highest BCUT2D eigenvalue weighted by molar-refractivity contribution is 6.31. The lowest BCUT2D eigenvalue weighted by atomic mass is 9.90. The second-order valence-electron chi connectivity index (χ2n) is 11.2. The van der Waals surface area contributed by atoms with Gasteiger partial charge in [-0.15, -0.1) is 0 Å². The number of nitrogens with one attached hydrogen (secondary N) is 3. The van der Waals surface area contributed by atoms with Crippen molar-refractivity contribution < 1.29 is 39.0 Å². The average Bonchev–Trinajstić information content (AvgIpc) is 3.37. The van der Waals surface area contributed by atoms with E-state index in [0.29, 0.717) is 21.5 Å². The van der Waals surface area contributed by atoms with Crippen LogP contribution in [0.3, 0.4) is 0 Å². The highest BCUT2D eigenvalue weighted by Gasteiger charge is 2.32.